The number of rotatable bonds is 3. The molecule has 5 nitrogen and oxygen atoms in total. The Morgan fingerprint density at radius 2 is 1.76 bits per heavy atom. The summed E-state index contributed by atoms with van der Waals surface area (Å²) in [6, 6.07) is 9.14. The number of nitrogens with one attached hydrogen (secondary N) is 1. The number of ether oxygens (including phenoxy) is 1. The quantitative estimate of drug-likeness (QED) is 0.684. The molecule has 2 heterocycles. The Kier molecular flexibility index (Phi) is 4.94. The van der Waals surface area contributed by atoms with E-state index in [1.54, 1.807) is 6.07 Å². The van der Waals surface area contributed by atoms with Crippen molar-refractivity contribution < 1.29 is 9.84 Å². The maximum Gasteiger partial charge on any atom is 0.233 e. The minimum absolute atomic E-state index is 0.0206. The van der Waals surface area contributed by atoms with E-state index < -0.39 is 0 Å². The van der Waals surface area contributed by atoms with Crippen molar-refractivity contribution >= 4 is 22.6 Å². The van der Waals surface area contributed by atoms with Gasteiger partial charge in [0.05, 0.1) is 5.69 Å². The molecule has 2 aromatic rings. The normalized spacial score (nSPS) is 19.6. The molecule has 1 aromatic heterocycles. The van der Waals surface area contributed by atoms with Crippen LogP contribution in [-0.2, 0) is 0 Å². The third kappa shape index (κ3) is 4.61. The number of halogens is 1. The van der Waals surface area contributed by atoms with Crippen LogP contribution in [0.4, 0.5) is 0 Å². The van der Waals surface area contributed by atoms with E-state index in [4.69, 9.17) is 4.74 Å². The van der Waals surface area contributed by atoms with Gasteiger partial charge in [-0.2, -0.15) is 0 Å². The van der Waals surface area contributed by atoms with Gasteiger partial charge in [0, 0.05) is 39.1 Å². The molecule has 1 saturated heterocycles. The number of aromatic hydroxyl groups is 1. The Morgan fingerprint density at radius 1 is 1.08 bits per heavy atom. The van der Waals surface area contributed by atoms with Crippen molar-refractivity contribution in [2.45, 2.75) is 57.7 Å². The van der Waals surface area contributed by atoms with Crippen molar-refractivity contribution in [2.24, 2.45) is 0 Å². The molecule has 0 atom stereocenters. The van der Waals surface area contributed by atoms with Crippen LogP contribution in [0.5, 0.6) is 11.6 Å². The summed E-state index contributed by atoms with van der Waals surface area (Å²) in [7, 11) is 0. The van der Waals surface area contributed by atoms with Gasteiger partial charge in [-0.1, -0.05) is 0 Å². The van der Waals surface area contributed by atoms with Crippen LogP contribution in [0.25, 0.3) is 11.3 Å². The number of hydrogen-bond acceptors (Lipinski definition) is 5. The van der Waals surface area contributed by atoms with Gasteiger partial charge >= 0.3 is 0 Å². The molecule has 1 aliphatic rings. The minimum Gasteiger partial charge on any atom is -0.507 e. The van der Waals surface area contributed by atoms with E-state index in [-0.39, 0.29) is 22.9 Å². The summed E-state index contributed by atoms with van der Waals surface area (Å²) < 4.78 is 7.06. The van der Waals surface area contributed by atoms with Crippen LogP contribution in [0.2, 0.25) is 0 Å². The van der Waals surface area contributed by atoms with E-state index >= 15 is 0 Å². The summed E-state index contributed by atoms with van der Waals surface area (Å²) in [5.41, 5.74) is 1.34. The van der Waals surface area contributed by atoms with Crippen molar-refractivity contribution in [3.8, 4) is 22.9 Å². The van der Waals surface area contributed by atoms with E-state index in [0.717, 1.165) is 16.4 Å². The average molecular weight is 453 g/mol. The van der Waals surface area contributed by atoms with Crippen molar-refractivity contribution in [1.82, 2.24) is 15.5 Å². The Hall–Kier alpha value is -1.41. The molecule has 1 fully saturated rings. The van der Waals surface area contributed by atoms with E-state index in [2.05, 4.69) is 65.8 Å². The lowest BCUT2D eigenvalue weighted by molar-refractivity contribution is 0.0524. The van der Waals surface area contributed by atoms with Gasteiger partial charge < -0.3 is 15.2 Å². The monoisotopic (exact) mass is 453 g/mol. The molecule has 0 saturated carbocycles. The fraction of sp³-hybridized carbons (Fsp3) is 0.474. The highest BCUT2D eigenvalue weighted by Crippen LogP contribution is 2.32. The number of phenols is 1. The van der Waals surface area contributed by atoms with Crippen LogP contribution in [0.15, 0.2) is 30.3 Å². The first-order chi connectivity index (χ1) is 11.6. The van der Waals surface area contributed by atoms with E-state index in [0.29, 0.717) is 17.1 Å². The van der Waals surface area contributed by atoms with E-state index in [1.165, 1.54) is 0 Å². The summed E-state index contributed by atoms with van der Waals surface area (Å²) >= 11 is 2.16. The number of phenolic OH excluding ortho intramolecular Hbond substituents is 1. The predicted molar refractivity (Wildman–Crippen MR) is 107 cm³/mol. The minimum atomic E-state index is 0.0206. The Balaban J connectivity index is 1.74. The lowest BCUT2D eigenvalue weighted by atomic mass is 9.81. The SMILES string of the molecule is CC1(C)CC(Oc2ccc(-c3ccc(I)cc3O)nn2)CC(C)(C)N1. The first-order valence-electron chi connectivity index (χ1n) is 8.42. The topological polar surface area (TPSA) is 67.3 Å². The zero-order valence-corrected chi connectivity index (χ0v) is 17.2. The number of aromatic nitrogens is 2. The molecular weight excluding hydrogens is 429 g/mol. The molecule has 0 aliphatic carbocycles. The molecule has 2 N–H and O–H groups in total. The van der Waals surface area contributed by atoms with E-state index in [9.17, 15) is 5.11 Å². The maximum atomic E-state index is 10.1. The van der Waals surface area contributed by atoms with Gasteiger partial charge in [-0.25, -0.2) is 0 Å². The average Bonchev–Trinajstić information content (AvgIpc) is 2.45. The molecule has 1 aliphatic heterocycles. The van der Waals surface area contributed by atoms with Gasteiger partial charge in [0.25, 0.3) is 0 Å². The molecule has 134 valence electrons. The molecular formula is C19H24IN3O2. The van der Waals surface area contributed by atoms with Crippen LogP contribution in [0.1, 0.15) is 40.5 Å². The lowest BCUT2D eigenvalue weighted by Crippen LogP contribution is -2.60. The lowest BCUT2D eigenvalue weighted by Gasteiger charge is -2.46. The summed E-state index contributed by atoms with van der Waals surface area (Å²) in [6.45, 7) is 8.77. The largest absolute Gasteiger partial charge is 0.507 e. The Morgan fingerprint density at radius 3 is 2.32 bits per heavy atom. The van der Waals surface area contributed by atoms with Gasteiger partial charge in [0.2, 0.25) is 5.88 Å². The highest BCUT2D eigenvalue weighted by Gasteiger charge is 2.38. The number of piperidine rings is 1. The fourth-order valence-electron chi connectivity index (χ4n) is 3.73. The molecule has 1 aromatic carbocycles. The van der Waals surface area contributed by atoms with Gasteiger partial charge in [0.15, 0.2) is 0 Å². The van der Waals surface area contributed by atoms with Gasteiger partial charge in [0.1, 0.15) is 11.9 Å². The number of benzene rings is 1. The van der Waals surface area contributed by atoms with Crippen LogP contribution >= 0.6 is 22.6 Å². The third-order valence-corrected chi connectivity index (χ3v) is 4.99. The zero-order valence-electron chi connectivity index (χ0n) is 15.0. The predicted octanol–water partition coefficient (Wildman–Crippen LogP) is 4.14. The van der Waals surface area contributed by atoms with E-state index in [1.807, 2.05) is 24.3 Å². The molecule has 3 rings (SSSR count). The summed E-state index contributed by atoms with van der Waals surface area (Å²) in [5, 5.41) is 22.2. The first kappa shape index (κ1) is 18.4. The van der Waals surface area contributed by atoms with Gasteiger partial charge in [-0.15, -0.1) is 10.2 Å². The molecule has 6 heteroatoms. The second-order valence-electron chi connectivity index (χ2n) is 7.96. The Bertz CT molecular complexity index is 744. The molecule has 0 radical (unpaired) electrons. The molecule has 0 spiro atoms. The smallest absolute Gasteiger partial charge is 0.233 e. The van der Waals surface area contributed by atoms with Crippen molar-refractivity contribution in [2.75, 3.05) is 0 Å². The van der Waals surface area contributed by atoms with Crippen molar-refractivity contribution in [3.05, 3.63) is 33.9 Å². The van der Waals surface area contributed by atoms with Crippen molar-refractivity contribution in [1.29, 1.82) is 0 Å². The van der Waals surface area contributed by atoms with Crippen LogP contribution < -0.4 is 10.1 Å². The molecule has 0 unspecified atom stereocenters. The molecule has 25 heavy (non-hydrogen) atoms. The number of hydrogen-bond donors (Lipinski definition) is 2. The number of nitrogens with zero attached hydrogens (tertiary/aromatic N) is 2. The first-order valence-corrected chi connectivity index (χ1v) is 9.50. The molecule has 0 bridgehead atoms. The van der Waals surface area contributed by atoms with Crippen LogP contribution in [-0.4, -0.2) is 32.5 Å². The van der Waals surface area contributed by atoms with Crippen molar-refractivity contribution in [3.63, 3.8) is 0 Å². The summed E-state index contributed by atoms with van der Waals surface area (Å²) in [5.74, 6) is 0.726. The second kappa shape index (κ2) is 6.72. The highest BCUT2D eigenvalue weighted by molar-refractivity contribution is 14.1. The summed E-state index contributed by atoms with van der Waals surface area (Å²) in [6.07, 6.45) is 1.92. The highest BCUT2D eigenvalue weighted by atomic mass is 127. The van der Waals surface area contributed by atoms with Crippen LogP contribution in [0.3, 0.4) is 0 Å². The Labute approximate surface area is 162 Å². The maximum absolute atomic E-state index is 10.1. The fourth-order valence-corrected chi connectivity index (χ4v) is 4.21. The van der Waals surface area contributed by atoms with Gasteiger partial charge in [-0.05, 0) is 74.6 Å². The molecule has 0 amide bonds. The standard InChI is InChI=1S/C19H24IN3O2/c1-18(2)10-13(11-19(3,4)23-18)25-17-8-7-15(21-22-17)14-6-5-12(20)9-16(14)24/h5-9,13,23-24H,10-11H2,1-4H3. The van der Waals surface area contributed by atoms with Crippen LogP contribution in [0, 0.1) is 3.57 Å². The second-order valence-corrected chi connectivity index (χ2v) is 9.20. The van der Waals surface area contributed by atoms with Gasteiger partial charge in [-0.3, -0.25) is 0 Å². The third-order valence-electron chi connectivity index (χ3n) is 4.32. The zero-order chi connectivity index (χ0) is 18.2. The summed E-state index contributed by atoms with van der Waals surface area (Å²) in [4.78, 5) is 0.